The Labute approximate surface area is 176 Å². The van der Waals surface area contributed by atoms with Crippen LogP contribution < -0.4 is 11.1 Å². The van der Waals surface area contributed by atoms with Crippen LogP contribution in [0.3, 0.4) is 0 Å². The molecule has 0 aromatic heterocycles. The number of hydrogen-bond acceptors (Lipinski definition) is 3. The van der Waals surface area contributed by atoms with Crippen LogP contribution in [-0.2, 0) is 10.2 Å². The van der Waals surface area contributed by atoms with Gasteiger partial charge < -0.3 is 15.8 Å². The van der Waals surface area contributed by atoms with E-state index in [-0.39, 0.29) is 35.2 Å². The molecule has 3 N–H and O–H groups in total. The van der Waals surface area contributed by atoms with Crippen molar-refractivity contribution in [2.45, 2.75) is 24.7 Å². The first-order valence-electron chi connectivity index (χ1n) is 8.88. The van der Waals surface area contributed by atoms with Gasteiger partial charge in [0.05, 0.1) is 19.8 Å². The third-order valence-electron chi connectivity index (χ3n) is 4.97. The number of rotatable bonds is 7. The van der Waals surface area contributed by atoms with Crippen LogP contribution in [0.1, 0.15) is 24.8 Å². The van der Waals surface area contributed by atoms with Crippen LogP contribution in [0.25, 0.3) is 0 Å². The van der Waals surface area contributed by atoms with Gasteiger partial charge in [0, 0.05) is 30.1 Å². The number of halogens is 3. The molecule has 0 bridgehead atoms. The summed E-state index contributed by atoms with van der Waals surface area (Å²) in [5.41, 5.74) is 6.87. The quantitative estimate of drug-likeness (QED) is 0.264. The van der Waals surface area contributed by atoms with Crippen molar-refractivity contribution < 1.29 is 9.13 Å². The number of nitrogens with two attached hydrogens (primary N) is 1. The number of hydrogen-bond donors (Lipinski definition) is 2. The maximum absolute atomic E-state index is 13.2. The molecule has 1 aliphatic heterocycles. The van der Waals surface area contributed by atoms with Gasteiger partial charge in [-0.1, -0.05) is 17.7 Å². The number of aliphatic imine (C=N–C) groups is 1. The second-order valence-corrected chi connectivity index (χ2v) is 7.25. The van der Waals surface area contributed by atoms with E-state index in [9.17, 15) is 4.39 Å². The lowest BCUT2D eigenvalue weighted by atomic mass is 9.96. The Hall–Kier alpha value is -0.640. The van der Waals surface area contributed by atoms with Crippen LogP contribution in [0.5, 0.6) is 0 Å². The SMILES string of the molecule is I.NC(=NCC1(c2ccc(F)cc2Cl)CC1)NCCCN1CCOCC1. The molecular weight excluding hydrogens is 470 g/mol. The lowest BCUT2D eigenvalue weighted by Gasteiger charge is -2.26. The molecule has 1 heterocycles. The first kappa shape index (κ1) is 21.7. The summed E-state index contributed by atoms with van der Waals surface area (Å²) in [6, 6.07) is 4.60. The number of guanidine groups is 1. The van der Waals surface area contributed by atoms with Gasteiger partial charge in [0.2, 0.25) is 0 Å². The molecule has 8 heteroatoms. The molecule has 1 aromatic rings. The minimum Gasteiger partial charge on any atom is -0.379 e. The van der Waals surface area contributed by atoms with Crippen molar-refractivity contribution in [2.75, 3.05) is 45.9 Å². The fourth-order valence-electron chi connectivity index (χ4n) is 3.22. The lowest BCUT2D eigenvalue weighted by molar-refractivity contribution is 0.0376. The van der Waals surface area contributed by atoms with Gasteiger partial charge in [-0.05, 0) is 43.5 Å². The van der Waals surface area contributed by atoms with E-state index in [0.717, 1.165) is 64.2 Å². The molecule has 3 rings (SSSR count). The average Bonchev–Trinajstić information content (AvgIpc) is 3.39. The Balaban J connectivity index is 0.00000243. The molecule has 0 amide bonds. The number of ether oxygens (including phenoxy) is 1. The van der Waals surface area contributed by atoms with Gasteiger partial charge >= 0.3 is 0 Å². The van der Waals surface area contributed by atoms with E-state index >= 15 is 0 Å². The highest BCUT2D eigenvalue weighted by Gasteiger charge is 2.45. The molecule has 5 nitrogen and oxygen atoms in total. The van der Waals surface area contributed by atoms with Crippen molar-refractivity contribution >= 4 is 41.5 Å². The summed E-state index contributed by atoms with van der Waals surface area (Å²) in [5, 5.41) is 3.65. The van der Waals surface area contributed by atoms with Gasteiger partial charge in [-0.25, -0.2) is 4.39 Å². The van der Waals surface area contributed by atoms with Crippen molar-refractivity contribution in [3.05, 3.63) is 34.6 Å². The molecule has 2 fully saturated rings. The van der Waals surface area contributed by atoms with Crippen LogP contribution in [0.15, 0.2) is 23.2 Å². The standard InChI is InChI=1S/C18H26ClFN4O.HI/c19-16-12-14(20)2-3-15(16)18(4-5-18)13-23-17(21)22-6-1-7-24-8-10-25-11-9-24;/h2-3,12H,1,4-11,13H2,(H3,21,22,23);1H. The zero-order chi connectivity index (χ0) is 17.7. The van der Waals surface area contributed by atoms with Crippen molar-refractivity contribution in [3.8, 4) is 0 Å². The minimum absolute atomic E-state index is 0. The highest BCUT2D eigenvalue weighted by Crippen LogP contribution is 2.50. The number of benzene rings is 1. The molecule has 146 valence electrons. The molecule has 1 saturated carbocycles. The first-order chi connectivity index (χ1) is 12.1. The maximum atomic E-state index is 13.2. The maximum Gasteiger partial charge on any atom is 0.188 e. The van der Waals surface area contributed by atoms with Crippen molar-refractivity contribution in [1.29, 1.82) is 0 Å². The van der Waals surface area contributed by atoms with Crippen LogP contribution >= 0.6 is 35.6 Å². The normalized spacial score (nSPS) is 19.7. The predicted octanol–water partition coefficient (Wildman–Crippen LogP) is 2.76. The van der Waals surface area contributed by atoms with Gasteiger partial charge in [0.1, 0.15) is 5.82 Å². The van der Waals surface area contributed by atoms with Gasteiger partial charge in [-0.2, -0.15) is 0 Å². The summed E-state index contributed by atoms with van der Waals surface area (Å²) in [7, 11) is 0. The fraction of sp³-hybridized carbons (Fsp3) is 0.611. The predicted molar refractivity (Wildman–Crippen MR) is 114 cm³/mol. The summed E-state index contributed by atoms with van der Waals surface area (Å²) in [5.74, 6) is 0.154. The number of morpholine rings is 1. The minimum atomic E-state index is -0.311. The fourth-order valence-corrected chi connectivity index (χ4v) is 3.59. The third-order valence-corrected chi connectivity index (χ3v) is 5.28. The zero-order valence-corrected chi connectivity index (χ0v) is 17.9. The molecular formula is C18H27ClFIN4O. The van der Waals surface area contributed by atoms with E-state index in [1.807, 2.05) is 0 Å². The Bertz CT molecular complexity index is 621. The average molecular weight is 497 g/mol. The molecule has 0 radical (unpaired) electrons. The number of nitrogens with zero attached hydrogens (tertiary/aromatic N) is 2. The molecule has 1 aromatic carbocycles. The lowest BCUT2D eigenvalue weighted by Crippen LogP contribution is -2.39. The summed E-state index contributed by atoms with van der Waals surface area (Å²) < 4.78 is 18.6. The van der Waals surface area contributed by atoms with Gasteiger partial charge in [-0.3, -0.25) is 9.89 Å². The monoisotopic (exact) mass is 496 g/mol. The molecule has 1 saturated heterocycles. The number of nitrogens with one attached hydrogen (secondary N) is 1. The van der Waals surface area contributed by atoms with Crippen LogP contribution in [0.4, 0.5) is 4.39 Å². The van der Waals surface area contributed by atoms with E-state index in [1.54, 1.807) is 6.07 Å². The Morgan fingerprint density at radius 3 is 2.73 bits per heavy atom. The molecule has 0 unspecified atom stereocenters. The molecule has 26 heavy (non-hydrogen) atoms. The van der Waals surface area contributed by atoms with E-state index < -0.39 is 0 Å². The summed E-state index contributed by atoms with van der Waals surface area (Å²) in [6.07, 6.45) is 3.03. The zero-order valence-electron chi connectivity index (χ0n) is 14.8. The van der Waals surface area contributed by atoms with Gasteiger partial charge in [-0.15, -0.1) is 24.0 Å². The first-order valence-corrected chi connectivity index (χ1v) is 9.26. The van der Waals surface area contributed by atoms with Crippen LogP contribution in [0, 0.1) is 5.82 Å². The third kappa shape index (κ3) is 5.94. The van der Waals surface area contributed by atoms with Crippen LogP contribution in [-0.4, -0.2) is 56.8 Å². The van der Waals surface area contributed by atoms with Gasteiger partial charge in [0.15, 0.2) is 5.96 Å². The molecule has 2 aliphatic rings. The summed E-state index contributed by atoms with van der Waals surface area (Å²) in [4.78, 5) is 6.88. The van der Waals surface area contributed by atoms with E-state index in [1.165, 1.54) is 12.1 Å². The van der Waals surface area contributed by atoms with Crippen molar-refractivity contribution in [1.82, 2.24) is 10.2 Å². The Morgan fingerprint density at radius 1 is 1.35 bits per heavy atom. The summed E-state index contributed by atoms with van der Waals surface area (Å²) >= 11 is 6.20. The smallest absolute Gasteiger partial charge is 0.188 e. The molecule has 1 aliphatic carbocycles. The van der Waals surface area contributed by atoms with Crippen LogP contribution in [0.2, 0.25) is 5.02 Å². The van der Waals surface area contributed by atoms with Gasteiger partial charge in [0.25, 0.3) is 0 Å². The second-order valence-electron chi connectivity index (χ2n) is 6.84. The van der Waals surface area contributed by atoms with Crippen molar-refractivity contribution in [3.63, 3.8) is 0 Å². The second kappa shape index (κ2) is 10.1. The molecule has 0 atom stereocenters. The Kier molecular flexibility index (Phi) is 8.38. The van der Waals surface area contributed by atoms with E-state index in [2.05, 4.69) is 15.2 Å². The van der Waals surface area contributed by atoms with E-state index in [4.69, 9.17) is 22.1 Å². The topological polar surface area (TPSA) is 62.9 Å². The highest BCUT2D eigenvalue weighted by atomic mass is 127. The summed E-state index contributed by atoms with van der Waals surface area (Å²) in [6.45, 7) is 6.08. The van der Waals surface area contributed by atoms with Crippen molar-refractivity contribution in [2.24, 2.45) is 10.7 Å². The molecule has 0 spiro atoms. The van der Waals surface area contributed by atoms with E-state index in [0.29, 0.717) is 17.5 Å². The largest absolute Gasteiger partial charge is 0.379 e. The Morgan fingerprint density at radius 2 is 2.08 bits per heavy atom. The highest BCUT2D eigenvalue weighted by molar-refractivity contribution is 14.0.